The first-order valence-corrected chi connectivity index (χ1v) is 6.34. The lowest BCUT2D eigenvalue weighted by Crippen LogP contribution is -2.54. The Labute approximate surface area is 121 Å². The van der Waals surface area contributed by atoms with Gasteiger partial charge in [-0.15, -0.1) is 0 Å². The van der Waals surface area contributed by atoms with Crippen molar-refractivity contribution < 1.29 is 23.5 Å². The predicted molar refractivity (Wildman–Crippen MR) is 72.2 cm³/mol. The standard InChI is InChI=1S/C14H18F2N2O3/c1-8(19)18-14(2,3)13(21)17-7-11(20)12-9(15)5-4-6-10(12)16/h4-6,11,20H,7H2,1-3H3,(H,17,21)(H,18,19). The lowest BCUT2D eigenvalue weighted by Gasteiger charge is -2.25. The summed E-state index contributed by atoms with van der Waals surface area (Å²) in [6.45, 7) is 3.83. The predicted octanol–water partition coefficient (Wildman–Crippen LogP) is 1.03. The second kappa shape index (κ2) is 6.62. The summed E-state index contributed by atoms with van der Waals surface area (Å²) in [5.74, 6) is -2.75. The number of rotatable bonds is 5. The van der Waals surface area contributed by atoms with Gasteiger partial charge in [0.25, 0.3) is 0 Å². The summed E-state index contributed by atoms with van der Waals surface area (Å²) in [6.07, 6.45) is -1.52. The zero-order valence-electron chi connectivity index (χ0n) is 12.0. The van der Waals surface area contributed by atoms with Crippen LogP contribution in [-0.4, -0.2) is 29.0 Å². The molecule has 21 heavy (non-hydrogen) atoms. The Kier molecular flexibility index (Phi) is 5.37. The van der Waals surface area contributed by atoms with Crippen LogP contribution in [0.2, 0.25) is 0 Å². The van der Waals surface area contributed by atoms with Crippen molar-refractivity contribution in [3.63, 3.8) is 0 Å². The minimum Gasteiger partial charge on any atom is -0.386 e. The van der Waals surface area contributed by atoms with Gasteiger partial charge in [-0.2, -0.15) is 0 Å². The number of hydrogen-bond acceptors (Lipinski definition) is 3. The minimum absolute atomic E-state index is 0.375. The Morgan fingerprint density at radius 1 is 1.29 bits per heavy atom. The Hall–Kier alpha value is -2.02. The number of carbonyl (C=O) groups excluding carboxylic acids is 2. The van der Waals surface area contributed by atoms with Crippen molar-refractivity contribution in [2.45, 2.75) is 32.4 Å². The highest BCUT2D eigenvalue weighted by Crippen LogP contribution is 2.20. The number of aliphatic hydroxyl groups excluding tert-OH is 1. The molecule has 1 rings (SSSR count). The molecular formula is C14H18F2N2O3. The number of hydrogen-bond donors (Lipinski definition) is 3. The molecule has 0 saturated heterocycles. The highest BCUT2D eigenvalue weighted by Gasteiger charge is 2.29. The average Bonchev–Trinajstić information content (AvgIpc) is 2.34. The van der Waals surface area contributed by atoms with Crippen molar-refractivity contribution in [3.8, 4) is 0 Å². The molecule has 2 amide bonds. The smallest absolute Gasteiger partial charge is 0.245 e. The zero-order chi connectivity index (χ0) is 16.2. The van der Waals surface area contributed by atoms with Crippen molar-refractivity contribution in [2.24, 2.45) is 0 Å². The molecule has 0 bridgehead atoms. The molecule has 1 unspecified atom stereocenters. The van der Waals surface area contributed by atoms with Gasteiger partial charge >= 0.3 is 0 Å². The molecular weight excluding hydrogens is 282 g/mol. The number of nitrogens with one attached hydrogen (secondary N) is 2. The lowest BCUT2D eigenvalue weighted by molar-refractivity contribution is -0.131. The van der Waals surface area contributed by atoms with E-state index in [0.717, 1.165) is 12.1 Å². The molecule has 1 atom stereocenters. The second-order valence-corrected chi connectivity index (χ2v) is 5.17. The summed E-state index contributed by atoms with van der Waals surface area (Å²) in [7, 11) is 0. The van der Waals surface area contributed by atoms with Crippen LogP contribution in [0.3, 0.4) is 0 Å². The molecule has 7 heteroatoms. The monoisotopic (exact) mass is 300 g/mol. The van der Waals surface area contributed by atoms with Crippen molar-refractivity contribution in [1.29, 1.82) is 0 Å². The van der Waals surface area contributed by atoms with Crippen LogP contribution < -0.4 is 10.6 Å². The Morgan fingerprint density at radius 2 is 1.81 bits per heavy atom. The highest BCUT2D eigenvalue weighted by molar-refractivity contribution is 5.90. The van der Waals surface area contributed by atoms with Gasteiger partial charge in [0.2, 0.25) is 11.8 Å². The summed E-state index contributed by atoms with van der Waals surface area (Å²) in [6, 6.07) is 3.22. The quantitative estimate of drug-likeness (QED) is 0.760. The van der Waals surface area contributed by atoms with Crippen LogP contribution in [0.25, 0.3) is 0 Å². The van der Waals surface area contributed by atoms with Gasteiger partial charge in [0.1, 0.15) is 23.3 Å². The number of aliphatic hydroxyl groups is 1. The topological polar surface area (TPSA) is 78.4 Å². The average molecular weight is 300 g/mol. The third-order valence-electron chi connectivity index (χ3n) is 2.85. The third kappa shape index (κ3) is 4.49. The van der Waals surface area contributed by atoms with Gasteiger partial charge < -0.3 is 15.7 Å². The SMILES string of the molecule is CC(=O)NC(C)(C)C(=O)NCC(O)c1c(F)cccc1F. The van der Waals surface area contributed by atoms with E-state index in [2.05, 4.69) is 10.6 Å². The van der Waals surface area contributed by atoms with Gasteiger partial charge in [-0.25, -0.2) is 8.78 Å². The van der Waals surface area contributed by atoms with E-state index in [1.54, 1.807) is 0 Å². The van der Waals surface area contributed by atoms with Gasteiger partial charge in [0.05, 0.1) is 5.56 Å². The molecule has 0 aliphatic rings. The fourth-order valence-electron chi connectivity index (χ4n) is 1.84. The van der Waals surface area contributed by atoms with Crippen molar-refractivity contribution in [3.05, 3.63) is 35.4 Å². The van der Waals surface area contributed by atoms with E-state index >= 15 is 0 Å². The molecule has 0 aliphatic heterocycles. The van der Waals surface area contributed by atoms with E-state index in [4.69, 9.17) is 0 Å². The molecule has 3 N–H and O–H groups in total. The van der Waals surface area contributed by atoms with Gasteiger partial charge in [0, 0.05) is 13.5 Å². The molecule has 0 fully saturated rings. The first-order valence-electron chi connectivity index (χ1n) is 6.34. The third-order valence-corrected chi connectivity index (χ3v) is 2.85. The van der Waals surface area contributed by atoms with Crippen LogP contribution >= 0.6 is 0 Å². The molecule has 0 radical (unpaired) electrons. The maximum atomic E-state index is 13.5. The second-order valence-electron chi connectivity index (χ2n) is 5.17. The summed E-state index contributed by atoms with van der Waals surface area (Å²) in [5, 5.41) is 14.6. The van der Waals surface area contributed by atoms with Crippen molar-refractivity contribution in [2.75, 3.05) is 6.54 Å². The molecule has 1 aromatic rings. The molecule has 0 aliphatic carbocycles. The molecule has 0 aromatic heterocycles. The maximum absolute atomic E-state index is 13.5. The largest absolute Gasteiger partial charge is 0.386 e. The van der Waals surface area contributed by atoms with E-state index in [1.807, 2.05) is 0 Å². The van der Waals surface area contributed by atoms with Gasteiger partial charge in [-0.1, -0.05) is 6.07 Å². The van der Waals surface area contributed by atoms with E-state index < -0.39 is 40.7 Å². The highest BCUT2D eigenvalue weighted by atomic mass is 19.1. The number of carbonyl (C=O) groups is 2. The number of halogens is 2. The fraction of sp³-hybridized carbons (Fsp3) is 0.429. The van der Waals surface area contributed by atoms with Gasteiger partial charge in [0.15, 0.2) is 0 Å². The zero-order valence-corrected chi connectivity index (χ0v) is 12.0. The van der Waals surface area contributed by atoms with Crippen LogP contribution in [0.1, 0.15) is 32.4 Å². The Balaban J connectivity index is 2.71. The Bertz CT molecular complexity index is 527. The van der Waals surface area contributed by atoms with Crippen molar-refractivity contribution >= 4 is 11.8 Å². The molecule has 1 aromatic carbocycles. The normalized spacial score (nSPS) is 12.7. The first-order chi connectivity index (χ1) is 9.65. The first kappa shape index (κ1) is 17.0. The molecule has 0 saturated carbocycles. The minimum atomic E-state index is -1.52. The van der Waals surface area contributed by atoms with Crippen LogP contribution in [0.15, 0.2) is 18.2 Å². The van der Waals surface area contributed by atoms with Gasteiger partial charge in [-0.3, -0.25) is 9.59 Å². The van der Waals surface area contributed by atoms with Crippen LogP contribution in [0.5, 0.6) is 0 Å². The molecule has 116 valence electrons. The Morgan fingerprint density at radius 3 is 2.29 bits per heavy atom. The van der Waals surface area contributed by atoms with Crippen LogP contribution in [0.4, 0.5) is 8.78 Å². The van der Waals surface area contributed by atoms with E-state index in [9.17, 15) is 23.5 Å². The summed E-state index contributed by atoms with van der Waals surface area (Å²) >= 11 is 0. The van der Waals surface area contributed by atoms with Crippen LogP contribution in [-0.2, 0) is 9.59 Å². The summed E-state index contributed by atoms with van der Waals surface area (Å²) < 4.78 is 26.9. The number of amides is 2. The summed E-state index contributed by atoms with van der Waals surface area (Å²) in [5.41, 5.74) is -1.70. The molecule has 5 nitrogen and oxygen atoms in total. The number of benzene rings is 1. The van der Waals surface area contributed by atoms with Gasteiger partial charge in [-0.05, 0) is 26.0 Å². The fourth-order valence-corrected chi connectivity index (χ4v) is 1.84. The van der Waals surface area contributed by atoms with E-state index in [1.165, 1.54) is 26.8 Å². The summed E-state index contributed by atoms with van der Waals surface area (Å²) in [4.78, 5) is 22.9. The van der Waals surface area contributed by atoms with E-state index in [0.29, 0.717) is 0 Å². The van der Waals surface area contributed by atoms with Crippen molar-refractivity contribution in [1.82, 2.24) is 10.6 Å². The maximum Gasteiger partial charge on any atom is 0.245 e. The molecule has 0 heterocycles. The molecule has 0 spiro atoms. The van der Waals surface area contributed by atoms with E-state index in [-0.39, 0.29) is 6.54 Å². The lowest BCUT2D eigenvalue weighted by atomic mass is 10.0. The van der Waals surface area contributed by atoms with Crippen LogP contribution in [0, 0.1) is 11.6 Å².